The minimum Gasteiger partial charge on any atom is -0.496 e. The molecule has 0 radical (unpaired) electrons. The summed E-state index contributed by atoms with van der Waals surface area (Å²) in [7, 11) is -1.19. The van der Waals surface area contributed by atoms with Crippen LogP contribution in [-0.2, 0) is 21.2 Å². The first kappa shape index (κ1) is 22.9. The van der Waals surface area contributed by atoms with Crippen molar-refractivity contribution in [2.45, 2.75) is 52.4 Å². The Bertz CT molecular complexity index is 892. The van der Waals surface area contributed by atoms with E-state index in [0.717, 1.165) is 11.1 Å². The number of benzene rings is 2. The molecule has 0 aromatic heterocycles. The SMILES string of the molecule is COc1ccc(OS(=O)(=O)Oc2ccc(OC)c(C(C)(C)C)c2)cc1C(C)(C)C. The van der Waals surface area contributed by atoms with Crippen LogP contribution in [0.3, 0.4) is 0 Å². The summed E-state index contributed by atoms with van der Waals surface area (Å²) in [5, 5.41) is 0. The fourth-order valence-corrected chi connectivity index (χ4v) is 3.62. The van der Waals surface area contributed by atoms with Gasteiger partial charge in [-0.2, -0.15) is 0 Å². The van der Waals surface area contributed by atoms with Gasteiger partial charge in [-0.25, -0.2) is 0 Å². The first-order chi connectivity index (χ1) is 13.3. The van der Waals surface area contributed by atoms with Crippen LogP contribution >= 0.6 is 0 Å². The highest BCUT2D eigenvalue weighted by Crippen LogP contribution is 2.36. The normalized spacial score (nSPS) is 12.4. The average Bonchev–Trinajstić information content (AvgIpc) is 2.59. The second-order valence-corrected chi connectivity index (χ2v) is 9.95. The molecular formula is C22H30O6S. The molecule has 0 N–H and O–H groups in total. The number of rotatable bonds is 6. The molecule has 0 aliphatic carbocycles. The molecule has 0 bridgehead atoms. The van der Waals surface area contributed by atoms with Gasteiger partial charge in [0.15, 0.2) is 0 Å². The van der Waals surface area contributed by atoms with Crippen molar-refractivity contribution in [3.63, 3.8) is 0 Å². The van der Waals surface area contributed by atoms with Crippen LogP contribution in [-0.4, -0.2) is 22.6 Å². The molecule has 0 saturated heterocycles. The van der Waals surface area contributed by atoms with Crippen molar-refractivity contribution >= 4 is 10.4 Å². The average molecular weight is 423 g/mol. The molecule has 0 saturated carbocycles. The highest BCUT2D eigenvalue weighted by molar-refractivity contribution is 7.82. The van der Waals surface area contributed by atoms with Crippen LogP contribution in [0.25, 0.3) is 0 Å². The summed E-state index contributed by atoms with van der Waals surface area (Å²) >= 11 is 0. The molecule has 2 rings (SSSR count). The molecule has 0 unspecified atom stereocenters. The summed E-state index contributed by atoms with van der Waals surface area (Å²) in [5.74, 6) is 1.63. The van der Waals surface area contributed by atoms with E-state index in [1.54, 1.807) is 38.5 Å². The van der Waals surface area contributed by atoms with Crippen molar-refractivity contribution in [1.29, 1.82) is 0 Å². The summed E-state index contributed by atoms with van der Waals surface area (Å²) in [6, 6.07) is 9.71. The molecule has 29 heavy (non-hydrogen) atoms. The first-order valence-electron chi connectivity index (χ1n) is 9.28. The predicted molar refractivity (Wildman–Crippen MR) is 114 cm³/mol. The molecular weight excluding hydrogens is 392 g/mol. The van der Waals surface area contributed by atoms with Crippen molar-refractivity contribution < 1.29 is 26.3 Å². The molecule has 0 aliphatic rings. The van der Waals surface area contributed by atoms with Crippen molar-refractivity contribution in [3.05, 3.63) is 47.5 Å². The maximum absolute atomic E-state index is 12.5. The van der Waals surface area contributed by atoms with E-state index in [0.29, 0.717) is 11.5 Å². The highest BCUT2D eigenvalue weighted by Gasteiger charge is 2.24. The number of hydrogen-bond acceptors (Lipinski definition) is 6. The maximum atomic E-state index is 12.5. The summed E-state index contributed by atoms with van der Waals surface area (Å²) in [6.45, 7) is 12.0. The molecule has 2 aromatic carbocycles. The van der Waals surface area contributed by atoms with Crippen LogP contribution in [0.1, 0.15) is 52.7 Å². The molecule has 0 spiro atoms. The van der Waals surface area contributed by atoms with E-state index in [4.69, 9.17) is 17.8 Å². The molecule has 0 fully saturated rings. The third-order valence-corrected chi connectivity index (χ3v) is 5.15. The predicted octanol–water partition coefficient (Wildman–Crippen LogP) is 5.00. The van der Waals surface area contributed by atoms with Gasteiger partial charge in [-0.15, -0.1) is 8.42 Å². The minimum atomic E-state index is -4.33. The first-order valence-corrected chi connectivity index (χ1v) is 10.6. The van der Waals surface area contributed by atoms with Crippen molar-refractivity contribution in [2.24, 2.45) is 0 Å². The van der Waals surface area contributed by atoms with Crippen LogP contribution in [0.5, 0.6) is 23.0 Å². The summed E-state index contributed by atoms with van der Waals surface area (Å²) < 4.78 is 46.1. The van der Waals surface area contributed by atoms with E-state index >= 15 is 0 Å². The van der Waals surface area contributed by atoms with Crippen LogP contribution in [0.15, 0.2) is 36.4 Å². The van der Waals surface area contributed by atoms with E-state index in [1.807, 2.05) is 41.5 Å². The van der Waals surface area contributed by atoms with Gasteiger partial charge in [-0.05, 0) is 47.2 Å². The molecule has 0 atom stereocenters. The molecule has 160 valence electrons. The highest BCUT2D eigenvalue weighted by atomic mass is 32.3. The van der Waals surface area contributed by atoms with Gasteiger partial charge in [0.25, 0.3) is 0 Å². The Hall–Kier alpha value is -2.41. The van der Waals surface area contributed by atoms with Crippen LogP contribution < -0.4 is 17.8 Å². The third kappa shape index (κ3) is 5.79. The van der Waals surface area contributed by atoms with Gasteiger partial charge in [-0.3, -0.25) is 0 Å². The van der Waals surface area contributed by atoms with Crippen LogP contribution in [0, 0.1) is 0 Å². The van der Waals surface area contributed by atoms with E-state index in [1.165, 1.54) is 12.1 Å². The Kier molecular flexibility index (Phi) is 6.42. The lowest BCUT2D eigenvalue weighted by molar-refractivity contribution is 0.380. The zero-order valence-corrected chi connectivity index (χ0v) is 19.1. The molecule has 0 amide bonds. The standard InChI is InChI=1S/C22H30O6S/c1-21(2,3)17-13-15(9-11-19(17)25-7)27-29(23,24)28-16-10-12-20(26-8)18(14-16)22(4,5)6/h9-14H,1-8H3. The quantitative estimate of drug-likeness (QED) is 0.652. The zero-order valence-electron chi connectivity index (χ0n) is 18.3. The lowest BCUT2D eigenvalue weighted by atomic mass is 9.86. The largest absolute Gasteiger partial charge is 0.500 e. The van der Waals surface area contributed by atoms with E-state index in [2.05, 4.69) is 0 Å². The minimum absolute atomic E-state index is 0.153. The molecule has 0 aliphatic heterocycles. The Labute approximate surface area is 174 Å². The summed E-state index contributed by atoms with van der Waals surface area (Å²) in [5.41, 5.74) is 1.14. The van der Waals surface area contributed by atoms with E-state index in [9.17, 15) is 8.42 Å². The number of methoxy groups -OCH3 is 2. The topological polar surface area (TPSA) is 71.1 Å². The molecule has 7 heteroatoms. The monoisotopic (exact) mass is 422 g/mol. The molecule has 2 aromatic rings. The third-order valence-electron chi connectivity index (χ3n) is 4.35. The Balaban J connectivity index is 2.32. The van der Waals surface area contributed by atoms with Crippen molar-refractivity contribution in [2.75, 3.05) is 14.2 Å². The number of ether oxygens (including phenoxy) is 2. The summed E-state index contributed by atoms with van der Waals surface area (Å²) in [6.07, 6.45) is 0. The Morgan fingerprint density at radius 1 is 0.655 bits per heavy atom. The fraction of sp³-hybridized carbons (Fsp3) is 0.455. The Morgan fingerprint density at radius 3 is 1.28 bits per heavy atom. The van der Waals surface area contributed by atoms with Gasteiger partial charge in [0, 0.05) is 11.1 Å². The van der Waals surface area contributed by atoms with E-state index in [-0.39, 0.29) is 22.3 Å². The summed E-state index contributed by atoms with van der Waals surface area (Å²) in [4.78, 5) is 0. The second-order valence-electron chi connectivity index (χ2n) is 8.80. The Morgan fingerprint density at radius 2 is 1.00 bits per heavy atom. The smallest absolute Gasteiger partial charge is 0.496 e. The number of hydrogen-bond donors (Lipinski definition) is 0. The van der Waals surface area contributed by atoms with Crippen molar-refractivity contribution in [1.82, 2.24) is 0 Å². The van der Waals surface area contributed by atoms with Gasteiger partial charge >= 0.3 is 10.4 Å². The zero-order chi connectivity index (χ0) is 22.0. The molecule has 0 heterocycles. The van der Waals surface area contributed by atoms with Crippen molar-refractivity contribution in [3.8, 4) is 23.0 Å². The van der Waals surface area contributed by atoms with Gasteiger partial charge in [-0.1, -0.05) is 41.5 Å². The maximum Gasteiger partial charge on any atom is 0.500 e. The van der Waals surface area contributed by atoms with Gasteiger partial charge in [0.2, 0.25) is 0 Å². The van der Waals surface area contributed by atoms with E-state index < -0.39 is 10.4 Å². The van der Waals surface area contributed by atoms with Gasteiger partial charge in [0.1, 0.15) is 23.0 Å². The van der Waals surface area contributed by atoms with Crippen LogP contribution in [0.4, 0.5) is 0 Å². The van der Waals surface area contributed by atoms with Crippen LogP contribution in [0.2, 0.25) is 0 Å². The lowest BCUT2D eigenvalue weighted by Gasteiger charge is -2.23. The van der Waals surface area contributed by atoms with Gasteiger partial charge < -0.3 is 17.8 Å². The molecule has 6 nitrogen and oxygen atoms in total. The fourth-order valence-electron chi connectivity index (χ4n) is 2.90. The lowest BCUT2D eigenvalue weighted by Crippen LogP contribution is -2.19. The van der Waals surface area contributed by atoms with Gasteiger partial charge in [0.05, 0.1) is 14.2 Å². The second kappa shape index (κ2) is 8.14.